The molecule has 0 aliphatic heterocycles. The van der Waals surface area contributed by atoms with E-state index in [9.17, 15) is 9.59 Å². The van der Waals surface area contributed by atoms with Gasteiger partial charge in [-0.05, 0) is 39.4 Å². The summed E-state index contributed by atoms with van der Waals surface area (Å²) in [5.41, 5.74) is 2.98. The Morgan fingerprint density at radius 3 is 2.39 bits per heavy atom. The Kier molecular flexibility index (Phi) is 6.85. The Labute approximate surface area is 165 Å². The third-order valence-corrected chi connectivity index (χ3v) is 5.02. The number of hydrogen-bond donors (Lipinski definition) is 1. The molecule has 1 heterocycles. The molecule has 1 N–H and O–H groups in total. The van der Waals surface area contributed by atoms with Crippen LogP contribution < -0.4 is 9.47 Å². The zero-order chi connectivity index (χ0) is 21.0. The number of Topliss-reactive ketones (excluding diaryl/α,β-unsaturated/α-hetero) is 1. The van der Waals surface area contributed by atoms with Crippen LogP contribution in [0.15, 0.2) is 18.2 Å². The molecular weight excluding hydrogens is 360 g/mol. The second kappa shape index (κ2) is 8.93. The molecule has 1 aromatic heterocycles. The van der Waals surface area contributed by atoms with Gasteiger partial charge in [0, 0.05) is 17.8 Å². The number of aromatic amines is 1. The van der Waals surface area contributed by atoms with E-state index in [2.05, 4.69) is 4.98 Å². The molecule has 0 aliphatic rings. The van der Waals surface area contributed by atoms with Crippen molar-refractivity contribution in [2.75, 3.05) is 28.4 Å². The van der Waals surface area contributed by atoms with Gasteiger partial charge in [-0.1, -0.05) is 12.1 Å². The Bertz CT molecular complexity index is 872. The number of rotatable bonds is 8. The molecule has 7 nitrogen and oxygen atoms in total. The van der Waals surface area contributed by atoms with Gasteiger partial charge in [0.15, 0.2) is 17.3 Å². The van der Waals surface area contributed by atoms with Gasteiger partial charge in [0.05, 0.1) is 38.6 Å². The number of carbonyl (C=O) groups excluding carboxylic acids is 2. The number of aromatic nitrogens is 1. The fourth-order valence-corrected chi connectivity index (χ4v) is 3.30. The Hall–Kier alpha value is -2.80. The molecule has 0 unspecified atom stereocenters. The first-order valence-electron chi connectivity index (χ1n) is 8.98. The molecule has 152 valence electrons. The van der Waals surface area contributed by atoms with Crippen LogP contribution in [-0.4, -0.2) is 56.1 Å². The molecule has 2 rings (SSSR count). The number of para-hydroxylation sites is 1. The summed E-state index contributed by atoms with van der Waals surface area (Å²) in [6.07, 6.45) is 0. The summed E-state index contributed by atoms with van der Waals surface area (Å²) < 4.78 is 15.6. The SMILES string of the molecule is COC(=O)c1c(C)[nH]c(C(=O)[C@H](C)N(C)Cc2cccc(OC)c2OC)c1C. The molecule has 1 atom stereocenters. The van der Waals surface area contributed by atoms with Crippen LogP contribution in [0, 0.1) is 13.8 Å². The quantitative estimate of drug-likeness (QED) is 0.553. The van der Waals surface area contributed by atoms with Crippen molar-refractivity contribution in [2.24, 2.45) is 0 Å². The topological polar surface area (TPSA) is 80.9 Å². The third kappa shape index (κ3) is 4.04. The van der Waals surface area contributed by atoms with Gasteiger partial charge in [-0.2, -0.15) is 0 Å². The van der Waals surface area contributed by atoms with Crippen LogP contribution in [0.1, 0.15) is 44.6 Å². The number of nitrogens with one attached hydrogen (secondary N) is 1. The first-order chi connectivity index (χ1) is 13.3. The highest BCUT2D eigenvalue weighted by molar-refractivity contribution is 6.03. The summed E-state index contributed by atoms with van der Waals surface area (Å²) in [6, 6.07) is 5.24. The maximum absolute atomic E-state index is 13.1. The minimum Gasteiger partial charge on any atom is -0.493 e. The van der Waals surface area contributed by atoms with Crippen molar-refractivity contribution in [1.82, 2.24) is 9.88 Å². The van der Waals surface area contributed by atoms with Crippen molar-refractivity contribution in [2.45, 2.75) is 33.4 Å². The molecule has 28 heavy (non-hydrogen) atoms. The molecule has 0 radical (unpaired) electrons. The summed E-state index contributed by atoms with van der Waals surface area (Å²) in [5.74, 6) is 0.745. The number of ketones is 1. The number of esters is 1. The number of methoxy groups -OCH3 is 3. The molecule has 2 aromatic rings. The van der Waals surface area contributed by atoms with Gasteiger partial charge in [-0.15, -0.1) is 0 Å². The van der Waals surface area contributed by atoms with Crippen LogP contribution >= 0.6 is 0 Å². The minimum absolute atomic E-state index is 0.0971. The maximum atomic E-state index is 13.1. The first-order valence-corrected chi connectivity index (χ1v) is 8.98. The van der Waals surface area contributed by atoms with Crippen molar-refractivity contribution in [3.63, 3.8) is 0 Å². The lowest BCUT2D eigenvalue weighted by atomic mass is 10.0. The van der Waals surface area contributed by atoms with Crippen molar-refractivity contribution in [3.8, 4) is 11.5 Å². The highest BCUT2D eigenvalue weighted by Gasteiger charge is 2.27. The number of hydrogen-bond acceptors (Lipinski definition) is 6. The molecule has 0 amide bonds. The predicted molar refractivity (Wildman–Crippen MR) is 106 cm³/mol. The van der Waals surface area contributed by atoms with Crippen LogP contribution in [0.2, 0.25) is 0 Å². The summed E-state index contributed by atoms with van der Waals surface area (Å²) in [7, 11) is 6.38. The van der Waals surface area contributed by atoms with E-state index in [0.717, 1.165) is 5.56 Å². The summed E-state index contributed by atoms with van der Waals surface area (Å²) in [4.78, 5) is 30.0. The molecule has 1 aromatic carbocycles. The van der Waals surface area contributed by atoms with E-state index >= 15 is 0 Å². The number of carbonyl (C=O) groups is 2. The number of likely N-dealkylation sites (N-methyl/N-ethyl adjacent to an activating group) is 1. The normalized spacial score (nSPS) is 12.0. The highest BCUT2D eigenvalue weighted by atomic mass is 16.5. The second-order valence-electron chi connectivity index (χ2n) is 6.72. The van der Waals surface area contributed by atoms with Crippen molar-refractivity contribution >= 4 is 11.8 Å². The number of ether oxygens (including phenoxy) is 3. The minimum atomic E-state index is -0.451. The van der Waals surface area contributed by atoms with E-state index in [1.165, 1.54) is 7.11 Å². The molecular formula is C21H28N2O5. The zero-order valence-electron chi connectivity index (χ0n) is 17.5. The summed E-state index contributed by atoms with van der Waals surface area (Å²) >= 11 is 0. The lowest BCUT2D eigenvalue weighted by molar-refractivity contribution is 0.0599. The molecule has 7 heteroatoms. The van der Waals surface area contributed by atoms with Crippen molar-refractivity contribution in [3.05, 3.63) is 46.3 Å². The lowest BCUT2D eigenvalue weighted by Crippen LogP contribution is -2.36. The Morgan fingerprint density at radius 1 is 1.14 bits per heavy atom. The number of H-pyrrole nitrogens is 1. The Balaban J connectivity index is 2.26. The Morgan fingerprint density at radius 2 is 1.82 bits per heavy atom. The van der Waals surface area contributed by atoms with Gasteiger partial charge in [0.2, 0.25) is 0 Å². The smallest absolute Gasteiger partial charge is 0.339 e. The molecule has 0 fully saturated rings. The molecule has 0 bridgehead atoms. The molecule has 0 spiro atoms. The molecule has 0 saturated heterocycles. The monoisotopic (exact) mass is 388 g/mol. The summed E-state index contributed by atoms with van der Waals surface area (Å²) in [6.45, 7) is 5.84. The standard InChI is InChI=1S/C21H28N2O5/c1-12-17(21(25)28-7)13(2)22-18(12)19(24)14(3)23(4)11-15-9-8-10-16(26-5)20(15)27-6/h8-10,14,22H,11H2,1-7H3/t14-/m0/s1. The highest BCUT2D eigenvalue weighted by Crippen LogP contribution is 2.32. The van der Waals surface area contributed by atoms with Crippen LogP contribution in [-0.2, 0) is 11.3 Å². The van der Waals surface area contributed by atoms with Gasteiger partial charge in [-0.25, -0.2) is 4.79 Å². The largest absolute Gasteiger partial charge is 0.493 e. The van der Waals surface area contributed by atoms with Gasteiger partial charge in [0.1, 0.15) is 0 Å². The second-order valence-corrected chi connectivity index (χ2v) is 6.72. The fraction of sp³-hybridized carbons (Fsp3) is 0.429. The summed E-state index contributed by atoms with van der Waals surface area (Å²) in [5, 5.41) is 0. The third-order valence-electron chi connectivity index (χ3n) is 5.02. The maximum Gasteiger partial charge on any atom is 0.339 e. The van der Waals surface area contributed by atoms with E-state index < -0.39 is 12.0 Å². The molecule has 0 aliphatic carbocycles. The van der Waals surface area contributed by atoms with Crippen LogP contribution in [0.25, 0.3) is 0 Å². The predicted octanol–water partition coefficient (Wildman–Crippen LogP) is 3.14. The lowest BCUT2D eigenvalue weighted by Gasteiger charge is -2.25. The average Bonchev–Trinajstić information content (AvgIpc) is 2.99. The average molecular weight is 388 g/mol. The zero-order valence-corrected chi connectivity index (χ0v) is 17.5. The van der Waals surface area contributed by atoms with Gasteiger partial charge in [-0.3, -0.25) is 9.69 Å². The van der Waals surface area contributed by atoms with Gasteiger partial charge < -0.3 is 19.2 Å². The van der Waals surface area contributed by atoms with Crippen LogP contribution in [0.4, 0.5) is 0 Å². The van der Waals surface area contributed by atoms with Gasteiger partial charge in [0.25, 0.3) is 0 Å². The van der Waals surface area contributed by atoms with E-state index in [-0.39, 0.29) is 5.78 Å². The van der Waals surface area contributed by atoms with Crippen LogP contribution in [0.3, 0.4) is 0 Å². The van der Waals surface area contributed by atoms with Crippen LogP contribution in [0.5, 0.6) is 11.5 Å². The van der Waals surface area contributed by atoms with E-state index in [0.29, 0.717) is 40.6 Å². The number of aryl methyl sites for hydroxylation is 1. The fourth-order valence-electron chi connectivity index (χ4n) is 3.30. The van der Waals surface area contributed by atoms with E-state index in [4.69, 9.17) is 14.2 Å². The number of benzene rings is 1. The first kappa shape index (κ1) is 21.5. The van der Waals surface area contributed by atoms with Gasteiger partial charge >= 0.3 is 5.97 Å². The number of nitrogens with zero attached hydrogens (tertiary/aromatic N) is 1. The van der Waals surface area contributed by atoms with Crippen molar-refractivity contribution in [1.29, 1.82) is 0 Å². The van der Waals surface area contributed by atoms with E-state index in [1.54, 1.807) is 28.1 Å². The van der Waals surface area contributed by atoms with Crippen molar-refractivity contribution < 1.29 is 23.8 Å². The molecule has 0 saturated carbocycles. The van der Waals surface area contributed by atoms with E-state index in [1.807, 2.05) is 37.1 Å².